The number of fused-ring (bicyclic) bond motifs is 6. The standard InChI is InChI=1S/C25H23N4S/c1-14(2)18-12-30-25-23(18)26-13-28(4)24(25)17-10-16-11-22-27-19-7-5-6-8-20(19)29(22)21(16)9-15(17)3/h5-10,12-14H,11H2,1-4H3/q+1. The minimum Gasteiger partial charge on any atom is -0.296 e. The fourth-order valence-electron chi connectivity index (χ4n) is 4.73. The molecule has 0 radical (unpaired) electrons. The summed E-state index contributed by atoms with van der Waals surface area (Å²) in [6.45, 7) is 6.69. The first kappa shape index (κ1) is 17.8. The Morgan fingerprint density at radius 1 is 1.17 bits per heavy atom. The maximum atomic E-state index is 4.88. The first-order chi connectivity index (χ1) is 14.5. The number of benzene rings is 2. The highest BCUT2D eigenvalue weighted by atomic mass is 32.1. The molecule has 1 aliphatic heterocycles. The van der Waals surface area contributed by atoms with Crippen LogP contribution in [0.1, 0.15) is 42.3 Å². The Bertz CT molecular complexity index is 1470. The Hall–Kier alpha value is -3.05. The van der Waals surface area contributed by atoms with Crippen molar-refractivity contribution in [2.45, 2.75) is 33.1 Å². The second kappa shape index (κ2) is 6.22. The van der Waals surface area contributed by atoms with E-state index in [0.717, 1.165) is 23.3 Å². The van der Waals surface area contributed by atoms with Crippen LogP contribution in [0.4, 0.5) is 0 Å². The van der Waals surface area contributed by atoms with Gasteiger partial charge in [0.15, 0.2) is 5.69 Å². The van der Waals surface area contributed by atoms with E-state index in [9.17, 15) is 0 Å². The highest BCUT2D eigenvalue weighted by molar-refractivity contribution is 7.17. The van der Waals surface area contributed by atoms with Crippen LogP contribution in [-0.2, 0) is 13.5 Å². The molecule has 4 nitrogen and oxygen atoms in total. The molecule has 0 atom stereocenters. The van der Waals surface area contributed by atoms with E-state index >= 15 is 0 Å². The van der Waals surface area contributed by atoms with Gasteiger partial charge in [-0.25, -0.2) is 9.55 Å². The number of hydrogen-bond donors (Lipinski definition) is 0. The maximum absolute atomic E-state index is 4.88. The third kappa shape index (κ3) is 2.36. The van der Waals surface area contributed by atoms with Crippen molar-refractivity contribution in [1.82, 2.24) is 14.5 Å². The maximum Gasteiger partial charge on any atom is 0.287 e. The van der Waals surface area contributed by atoms with Crippen molar-refractivity contribution in [3.8, 4) is 16.9 Å². The van der Waals surface area contributed by atoms with Crippen molar-refractivity contribution in [2.75, 3.05) is 0 Å². The number of imidazole rings is 1. The van der Waals surface area contributed by atoms with E-state index < -0.39 is 0 Å². The summed E-state index contributed by atoms with van der Waals surface area (Å²) in [7, 11) is 2.10. The molecular formula is C25H23N4S+. The third-order valence-electron chi connectivity index (χ3n) is 6.24. The molecule has 5 heteroatoms. The molecule has 0 saturated carbocycles. The molecule has 5 aromatic rings. The Balaban J connectivity index is 1.58. The van der Waals surface area contributed by atoms with E-state index in [1.807, 2.05) is 17.7 Å². The van der Waals surface area contributed by atoms with Crippen LogP contribution < -0.4 is 4.57 Å². The quantitative estimate of drug-likeness (QED) is 0.355. The van der Waals surface area contributed by atoms with Crippen molar-refractivity contribution < 1.29 is 4.57 Å². The molecule has 0 saturated heterocycles. The normalized spacial score (nSPS) is 12.8. The zero-order valence-corrected chi connectivity index (χ0v) is 18.4. The highest BCUT2D eigenvalue weighted by Crippen LogP contribution is 2.39. The van der Waals surface area contributed by atoms with Crippen LogP contribution >= 0.6 is 11.3 Å². The molecule has 3 aromatic heterocycles. The fraction of sp³-hybridized carbons (Fsp3) is 0.240. The van der Waals surface area contributed by atoms with Crippen LogP contribution in [0.2, 0.25) is 0 Å². The number of nitrogens with zero attached hydrogens (tertiary/aromatic N) is 4. The lowest BCUT2D eigenvalue weighted by atomic mass is 9.98. The summed E-state index contributed by atoms with van der Waals surface area (Å²) in [5, 5.41) is 2.27. The van der Waals surface area contributed by atoms with Crippen molar-refractivity contribution in [1.29, 1.82) is 0 Å². The van der Waals surface area contributed by atoms with Crippen LogP contribution in [-0.4, -0.2) is 14.5 Å². The van der Waals surface area contributed by atoms with Crippen molar-refractivity contribution >= 4 is 32.6 Å². The van der Waals surface area contributed by atoms with Crippen LogP contribution in [0.25, 0.3) is 38.2 Å². The van der Waals surface area contributed by atoms with Crippen molar-refractivity contribution in [3.05, 3.63) is 70.6 Å². The number of para-hydroxylation sites is 2. The smallest absolute Gasteiger partial charge is 0.287 e. The summed E-state index contributed by atoms with van der Waals surface area (Å²) in [4.78, 5) is 9.65. The molecule has 2 aromatic carbocycles. The highest BCUT2D eigenvalue weighted by Gasteiger charge is 2.27. The SMILES string of the molecule is Cc1cc2c(cc1-c1c3scc(C(C)C)c3nc[n+]1C)Cc1nc3ccccc3n1-2. The predicted octanol–water partition coefficient (Wildman–Crippen LogP) is 5.46. The number of aromatic nitrogens is 4. The van der Waals surface area contributed by atoms with Gasteiger partial charge in [0.1, 0.15) is 10.5 Å². The Labute approximate surface area is 179 Å². The van der Waals surface area contributed by atoms with Gasteiger partial charge in [0.25, 0.3) is 6.33 Å². The molecular weight excluding hydrogens is 388 g/mol. The van der Waals surface area contributed by atoms with Gasteiger partial charge in [-0.15, -0.1) is 11.3 Å². The largest absolute Gasteiger partial charge is 0.296 e. The number of thiophene rings is 1. The van der Waals surface area contributed by atoms with E-state index in [1.54, 1.807) is 0 Å². The minimum atomic E-state index is 0.471. The summed E-state index contributed by atoms with van der Waals surface area (Å²) in [6.07, 6.45) is 2.83. The first-order valence-electron chi connectivity index (χ1n) is 10.4. The lowest BCUT2D eigenvalue weighted by Gasteiger charge is -2.12. The fourth-order valence-corrected chi connectivity index (χ4v) is 6.00. The van der Waals surface area contributed by atoms with Crippen LogP contribution in [0, 0.1) is 6.92 Å². The molecule has 0 unspecified atom stereocenters. The topological polar surface area (TPSA) is 34.6 Å². The molecule has 0 bridgehead atoms. The zero-order valence-electron chi connectivity index (χ0n) is 17.6. The molecule has 4 heterocycles. The summed E-state index contributed by atoms with van der Waals surface area (Å²) in [5.74, 6) is 1.60. The molecule has 0 fully saturated rings. The van der Waals surface area contributed by atoms with E-state index in [4.69, 9.17) is 9.97 Å². The third-order valence-corrected chi connectivity index (χ3v) is 7.24. The molecule has 0 N–H and O–H groups in total. The molecule has 0 spiro atoms. The van der Waals surface area contributed by atoms with Gasteiger partial charge in [-0.1, -0.05) is 26.0 Å². The lowest BCUT2D eigenvalue weighted by molar-refractivity contribution is -0.662. The minimum absolute atomic E-state index is 0.471. The van der Waals surface area contributed by atoms with Gasteiger partial charge >= 0.3 is 0 Å². The van der Waals surface area contributed by atoms with Crippen LogP contribution in [0.3, 0.4) is 0 Å². The molecule has 0 amide bonds. The predicted molar refractivity (Wildman–Crippen MR) is 122 cm³/mol. The number of aryl methyl sites for hydroxylation is 2. The molecule has 30 heavy (non-hydrogen) atoms. The van der Waals surface area contributed by atoms with Gasteiger partial charge in [-0.2, -0.15) is 0 Å². The zero-order chi connectivity index (χ0) is 20.6. The Morgan fingerprint density at radius 2 is 2.00 bits per heavy atom. The van der Waals surface area contributed by atoms with E-state index in [2.05, 4.69) is 78.7 Å². The van der Waals surface area contributed by atoms with Crippen molar-refractivity contribution in [3.63, 3.8) is 0 Å². The number of rotatable bonds is 2. The van der Waals surface area contributed by atoms with E-state index in [1.165, 1.54) is 43.9 Å². The summed E-state index contributed by atoms with van der Waals surface area (Å²) < 4.78 is 5.76. The number of hydrogen-bond acceptors (Lipinski definition) is 3. The first-order valence-corrected chi connectivity index (χ1v) is 11.3. The summed E-state index contributed by atoms with van der Waals surface area (Å²) in [5.41, 5.74) is 11.2. The average Bonchev–Trinajstić information content (AvgIpc) is 3.39. The summed E-state index contributed by atoms with van der Waals surface area (Å²) >= 11 is 1.81. The second-order valence-corrected chi connectivity index (χ2v) is 9.43. The van der Waals surface area contributed by atoms with Gasteiger partial charge in [0, 0.05) is 17.5 Å². The molecule has 1 aliphatic rings. The molecule has 0 aliphatic carbocycles. The van der Waals surface area contributed by atoms with Gasteiger partial charge in [-0.3, -0.25) is 4.57 Å². The lowest BCUT2D eigenvalue weighted by Crippen LogP contribution is -2.31. The Kier molecular flexibility index (Phi) is 3.69. The molecule has 148 valence electrons. The molecule has 6 rings (SSSR count). The van der Waals surface area contributed by atoms with Gasteiger partial charge in [0.05, 0.1) is 23.8 Å². The van der Waals surface area contributed by atoms with Crippen LogP contribution in [0.15, 0.2) is 48.1 Å². The van der Waals surface area contributed by atoms with E-state index in [0.29, 0.717) is 5.92 Å². The summed E-state index contributed by atoms with van der Waals surface area (Å²) in [6, 6.07) is 13.1. The van der Waals surface area contributed by atoms with Crippen LogP contribution in [0.5, 0.6) is 0 Å². The van der Waals surface area contributed by atoms with Gasteiger partial charge in [-0.05, 0) is 58.6 Å². The van der Waals surface area contributed by atoms with Gasteiger partial charge < -0.3 is 0 Å². The Morgan fingerprint density at radius 3 is 2.83 bits per heavy atom. The second-order valence-electron chi connectivity index (χ2n) is 8.55. The van der Waals surface area contributed by atoms with E-state index in [-0.39, 0.29) is 0 Å². The van der Waals surface area contributed by atoms with Gasteiger partial charge in [0.2, 0.25) is 5.52 Å². The average molecular weight is 412 g/mol. The monoisotopic (exact) mass is 411 g/mol. The van der Waals surface area contributed by atoms with Crippen molar-refractivity contribution in [2.24, 2.45) is 7.05 Å².